The Balaban J connectivity index is 0. The molecule has 0 aliphatic heterocycles. The van der Waals surface area contributed by atoms with Crippen LogP contribution in [0, 0.1) is 11.8 Å². The number of aliphatic hydroxyl groups excluding tert-OH is 4. The maximum Gasteiger partial charge on any atom is 2.00 e. The van der Waals surface area contributed by atoms with Crippen LogP contribution in [0.5, 0.6) is 0 Å². The summed E-state index contributed by atoms with van der Waals surface area (Å²) in [4.78, 5) is 2.08. The summed E-state index contributed by atoms with van der Waals surface area (Å²) in [5.74, 6) is 6.40. The molecule has 0 spiro atoms. The zero-order chi connectivity index (χ0) is 23.8. The molecule has 5 nitrogen and oxygen atoms in total. The molecule has 0 saturated heterocycles. The van der Waals surface area contributed by atoms with Crippen LogP contribution in [0.25, 0.3) is 0 Å². The predicted molar refractivity (Wildman–Crippen MR) is 129 cm³/mol. The number of benzene rings is 2. The number of hydrogen-bond donors (Lipinski definition) is 4. The Hall–Kier alpha value is -1.74. The van der Waals surface area contributed by atoms with E-state index in [1.807, 2.05) is 62.6 Å². The van der Waals surface area contributed by atoms with Gasteiger partial charge in [-0.15, -0.1) is 0 Å². The maximum absolute atomic E-state index is 8.56. The molecule has 2 aromatic rings. The van der Waals surface area contributed by atoms with Crippen molar-refractivity contribution in [3.63, 3.8) is 0 Å². The molecule has 178 valence electrons. The Morgan fingerprint density at radius 2 is 1.06 bits per heavy atom. The van der Waals surface area contributed by atoms with Crippen molar-refractivity contribution in [2.24, 2.45) is 0 Å². The van der Waals surface area contributed by atoms with E-state index in [2.05, 4.69) is 22.8 Å². The Morgan fingerprint density at radius 1 is 0.656 bits per heavy atom. The first-order chi connectivity index (χ1) is 14.5. The standard InChI is InChI=1S/C16H15N.2C5H12O2.Ru/c1-17(2)16-11-7-6-10-15(16)13-12-14-8-4-3-5-9-14;2*1-4(6)3-5(2)7;/h3-11H,1-2H3;2*4-7H,3H2,1-2H3;/q;;;+2. The molecule has 0 aliphatic carbocycles. The zero-order valence-electron chi connectivity index (χ0n) is 20.0. The van der Waals surface area contributed by atoms with Crippen molar-refractivity contribution in [3.8, 4) is 11.8 Å². The molecule has 2 aromatic carbocycles. The van der Waals surface area contributed by atoms with Gasteiger partial charge < -0.3 is 25.3 Å². The molecule has 32 heavy (non-hydrogen) atoms. The SMILES string of the molecule is CC(O)CC(C)O.CC(O)CC(C)O.CN(C)c1ccccc1C#Cc1ccccc1.[Ru+2]. The van der Waals surface area contributed by atoms with Gasteiger partial charge in [-0.3, -0.25) is 0 Å². The van der Waals surface area contributed by atoms with Gasteiger partial charge in [0.2, 0.25) is 0 Å². The molecular formula is C26H39NO4Ru+2. The van der Waals surface area contributed by atoms with Crippen molar-refractivity contribution in [3.05, 3.63) is 65.7 Å². The van der Waals surface area contributed by atoms with Crippen LogP contribution in [0.4, 0.5) is 5.69 Å². The third kappa shape index (κ3) is 17.9. The smallest absolute Gasteiger partial charge is 0.393 e. The Bertz CT molecular complexity index is 740. The van der Waals surface area contributed by atoms with E-state index in [4.69, 9.17) is 20.4 Å². The molecule has 0 saturated carbocycles. The van der Waals surface area contributed by atoms with Crippen LogP contribution in [0.15, 0.2) is 54.6 Å². The van der Waals surface area contributed by atoms with Crippen LogP contribution in [-0.2, 0) is 19.5 Å². The fraction of sp³-hybridized carbons (Fsp3) is 0.462. The van der Waals surface area contributed by atoms with E-state index in [1.54, 1.807) is 27.7 Å². The van der Waals surface area contributed by atoms with E-state index in [-0.39, 0.29) is 43.9 Å². The molecule has 0 fully saturated rings. The van der Waals surface area contributed by atoms with Gasteiger partial charge in [-0.1, -0.05) is 42.2 Å². The number of nitrogens with zero attached hydrogens (tertiary/aromatic N) is 1. The van der Waals surface area contributed by atoms with Crippen molar-refractivity contribution in [2.45, 2.75) is 65.0 Å². The fourth-order valence-corrected chi connectivity index (χ4v) is 2.62. The van der Waals surface area contributed by atoms with Gasteiger partial charge in [0.1, 0.15) is 0 Å². The number of hydrogen-bond acceptors (Lipinski definition) is 5. The molecule has 6 heteroatoms. The van der Waals surface area contributed by atoms with Crippen LogP contribution in [0.3, 0.4) is 0 Å². The van der Waals surface area contributed by atoms with Crippen molar-refractivity contribution < 1.29 is 39.9 Å². The van der Waals surface area contributed by atoms with E-state index in [0.717, 1.165) is 16.8 Å². The normalized spacial score (nSPS) is 13.2. The summed E-state index contributed by atoms with van der Waals surface area (Å²) in [6.07, 6.45) is -0.556. The van der Waals surface area contributed by atoms with Gasteiger partial charge in [-0.2, -0.15) is 0 Å². The molecule has 0 amide bonds. The second kappa shape index (κ2) is 18.8. The van der Waals surface area contributed by atoms with Gasteiger partial charge in [0, 0.05) is 25.2 Å². The third-order valence-electron chi connectivity index (χ3n) is 3.87. The van der Waals surface area contributed by atoms with Gasteiger partial charge in [0.25, 0.3) is 0 Å². The van der Waals surface area contributed by atoms with Gasteiger partial charge >= 0.3 is 19.5 Å². The van der Waals surface area contributed by atoms with Crippen LogP contribution in [0.2, 0.25) is 0 Å². The summed E-state index contributed by atoms with van der Waals surface area (Å²) < 4.78 is 0. The average Bonchev–Trinajstić information content (AvgIpc) is 2.66. The van der Waals surface area contributed by atoms with E-state index in [0.29, 0.717) is 12.8 Å². The van der Waals surface area contributed by atoms with E-state index in [9.17, 15) is 0 Å². The molecule has 0 aliphatic rings. The fourth-order valence-electron chi connectivity index (χ4n) is 2.62. The topological polar surface area (TPSA) is 84.2 Å². The molecule has 4 N–H and O–H groups in total. The van der Waals surface area contributed by atoms with Gasteiger partial charge in [-0.25, -0.2) is 0 Å². The quantitative estimate of drug-likeness (QED) is 0.352. The van der Waals surface area contributed by atoms with Crippen molar-refractivity contribution in [1.82, 2.24) is 0 Å². The number of para-hydroxylation sites is 1. The van der Waals surface area contributed by atoms with Crippen LogP contribution >= 0.6 is 0 Å². The summed E-state index contributed by atoms with van der Waals surface area (Å²) in [6.45, 7) is 6.64. The molecule has 2 rings (SSSR count). The van der Waals surface area contributed by atoms with E-state index >= 15 is 0 Å². The van der Waals surface area contributed by atoms with Gasteiger partial charge in [0.05, 0.1) is 30.1 Å². The van der Waals surface area contributed by atoms with Crippen molar-refractivity contribution in [2.75, 3.05) is 19.0 Å². The molecule has 0 bridgehead atoms. The van der Waals surface area contributed by atoms with Crippen molar-refractivity contribution in [1.29, 1.82) is 0 Å². The summed E-state index contributed by atoms with van der Waals surface area (Å²) in [7, 11) is 4.06. The summed E-state index contributed by atoms with van der Waals surface area (Å²) in [6, 6.07) is 18.2. The van der Waals surface area contributed by atoms with Crippen LogP contribution in [-0.4, -0.2) is 58.9 Å². The molecule has 0 heterocycles. The molecular weight excluding hydrogens is 491 g/mol. The van der Waals surface area contributed by atoms with Crippen LogP contribution in [0.1, 0.15) is 51.7 Å². The number of anilines is 1. The third-order valence-corrected chi connectivity index (χ3v) is 3.87. The second-order valence-electron chi connectivity index (χ2n) is 7.90. The maximum atomic E-state index is 8.56. The number of aliphatic hydroxyl groups is 4. The largest absolute Gasteiger partial charge is 2.00 e. The Morgan fingerprint density at radius 3 is 1.44 bits per heavy atom. The summed E-state index contributed by atoms with van der Waals surface area (Å²) in [5.41, 5.74) is 3.25. The zero-order valence-corrected chi connectivity index (χ0v) is 21.7. The predicted octanol–water partition coefficient (Wildman–Crippen LogP) is 3.43. The first-order valence-electron chi connectivity index (χ1n) is 10.6. The minimum Gasteiger partial charge on any atom is -0.393 e. The Kier molecular flexibility index (Phi) is 19.1. The van der Waals surface area contributed by atoms with Gasteiger partial charge in [0.15, 0.2) is 0 Å². The second-order valence-corrected chi connectivity index (χ2v) is 7.90. The van der Waals surface area contributed by atoms with E-state index < -0.39 is 0 Å². The summed E-state index contributed by atoms with van der Waals surface area (Å²) >= 11 is 0. The molecule has 4 unspecified atom stereocenters. The Labute approximate surface area is 206 Å². The number of rotatable bonds is 5. The monoisotopic (exact) mass is 531 g/mol. The van der Waals surface area contributed by atoms with E-state index in [1.165, 1.54) is 0 Å². The molecule has 4 atom stereocenters. The molecule has 0 aromatic heterocycles. The van der Waals surface area contributed by atoms with Crippen molar-refractivity contribution >= 4 is 5.69 Å². The average molecular weight is 531 g/mol. The van der Waals surface area contributed by atoms with Gasteiger partial charge in [-0.05, 0) is 64.8 Å². The first kappa shape index (κ1) is 32.4. The minimum absolute atomic E-state index is 0. The minimum atomic E-state index is -0.375. The first-order valence-corrected chi connectivity index (χ1v) is 10.6. The van der Waals surface area contributed by atoms with Crippen LogP contribution < -0.4 is 4.90 Å². The summed E-state index contributed by atoms with van der Waals surface area (Å²) in [5, 5.41) is 34.3. The molecule has 0 radical (unpaired) electrons.